The van der Waals surface area contributed by atoms with Gasteiger partial charge in [0.25, 0.3) is 10.0 Å². The molecule has 3 aromatic carbocycles. The summed E-state index contributed by atoms with van der Waals surface area (Å²) in [4.78, 5) is -0.205. The summed E-state index contributed by atoms with van der Waals surface area (Å²) in [7, 11) is -6.06. The molecule has 0 saturated heterocycles. The molecule has 0 saturated carbocycles. The minimum absolute atomic E-state index is 0.205. The zero-order valence-corrected chi connectivity index (χ0v) is 20.0. The molecule has 0 aliphatic carbocycles. The van der Waals surface area contributed by atoms with Crippen LogP contribution in [0.5, 0.6) is 5.75 Å². The Bertz CT molecular complexity index is 1440. The van der Waals surface area contributed by atoms with Crippen LogP contribution in [0, 0.1) is 5.82 Å². The summed E-state index contributed by atoms with van der Waals surface area (Å²) in [6, 6.07) is 17.6. The molecule has 3 aromatic rings. The van der Waals surface area contributed by atoms with Crippen molar-refractivity contribution in [3.8, 4) is 5.75 Å². The van der Waals surface area contributed by atoms with E-state index in [2.05, 4.69) is 9.82 Å². The maximum Gasteiger partial charge on any atom is 0.279 e. The smallest absolute Gasteiger partial charge is 0.279 e. The summed E-state index contributed by atoms with van der Waals surface area (Å²) >= 11 is 0. The second kappa shape index (κ2) is 9.07. The van der Waals surface area contributed by atoms with Gasteiger partial charge < -0.3 is 4.74 Å². The highest BCUT2D eigenvalue weighted by atomic mass is 32.2. The predicted molar refractivity (Wildman–Crippen MR) is 127 cm³/mol. The lowest BCUT2D eigenvalue weighted by molar-refractivity contribution is 0.370. The number of nitrogens with zero attached hydrogens (tertiary/aromatic N) is 2. The number of rotatable bonds is 7. The van der Waals surface area contributed by atoms with Crippen LogP contribution in [0.1, 0.15) is 23.6 Å². The normalized spacial score (nSPS) is 16.3. The summed E-state index contributed by atoms with van der Waals surface area (Å²) in [5.74, 6) is -0.0455. The van der Waals surface area contributed by atoms with Crippen LogP contribution in [0.3, 0.4) is 0 Å². The first kappa shape index (κ1) is 23.7. The molecule has 1 heterocycles. The van der Waals surface area contributed by atoms with Gasteiger partial charge in [0, 0.05) is 12.1 Å². The molecule has 11 heteroatoms. The summed E-state index contributed by atoms with van der Waals surface area (Å²) in [6.45, 7) is 0. The second-order valence-electron chi connectivity index (χ2n) is 7.73. The highest BCUT2D eigenvalue weighted by Gasteiger charge is 2.38. The molecule has 0 unspecified atom stereocenters. The first-order valence-corrected chi connectivity index (χ1v) is 13.5. The Kier molecular flexibility index (Phi) is 6.32. The standard InChI is InChI=1S/C23H22FN3O5S2/c1-32-20-12-8-17(9-13-20)23-15-22(16-6-10-19(11-7-16)26-33(2,28)29)25-27(23)34(30,31)21-5-3-4-18(24)14-21/h3-14,23,26H,15H2,1-2H3/t23-/m0/s1. The average Bonchev–Trinajstić information content (AvgIpc) is 3.25. The molecule has 1 aliphatic rings. The molecular weight excluding hydrogens is 481 g/mol. The van der Waals surface area contributed by atoms with Crippen molar-refractivity contribution in [3.63, 3.8) is 0 Å². The zero-order chi connectivity index (χ0) is 24.5. The van der Waals surface area contributed by atoms with Crippen LogP contribution in [0.25, 0.3) is 0 Å². The van der Waals surface area contributed by atoms with E-state index < -0.39 is 31.9 Å². The monoisotopic (exact) mass is 503 g/mol. The third kappa shape index (κ3) is 5.05. The van der Waals surface area contributed by atoms with Gasteiger partial charge in [-0.05, 0) is 53.6 Å². The highest BCUT2D eigenvalue weighted by molar-refractivity contribution is 7.92. The molecule has 0 amide bonds. The van der Waals surface area contributed by atoms with Gasteiger partial charge in [-0.25, -0.2) is 12.8 Å². The number of hydrazone groups is 1. The second-order valence-corrected chi connectivity index (χ2v) is 11.3. The zero-order valence-electron chi connectivity index (χ0n) is 18.3. The first-order chi connectivity index (χ1) is 16.1. The van der Waals surface area contributed by atoms with E-state index in [-0.39, 0.29) is 11.3 Å². The molecule has 0 aromatic heterocycles. The van der Waals surface area contributed by atoms with Gasteiger partial charge in [0.2, 0.25) is 10.0 Å². The fraction of sp³-hybridized carbons (Fsp3) is 0.174. The number of sulfonamides is 2. The largest absolute Gasteiger partial charge is 0.497 e. The number of benzene rings is 3. The van der Waals surface area contributed by atoms with E-state index in [1.807, 2.05) is 0 Å². The van der Waals surface area contributed by atoms with E-state index in [4.69, 9.17) is 4.74 Å². The SMILES string of the molecule is COc1ccc([C@@H]2CC(c3ccc(NS(C)(=O)=O)cc3)=NN2S(=O)(=O)c2cccc(F)c2)cc1. The molecule has 1 atom stereocenters. The minimum Gasteiger partial charge on any atom is -0.497 e. The number of hydrogen-bond donors (Lipinski definition) is 1. The Morgan fingerprint density at radius 3 is 2.26 bits per heavy atom. The van der Waals surface area contributed by atoms with Gasteiger partial charge in [0.05, 0.1) is 30.0 Å². The van der Waals surface area contributed by atoms with Crippen LogP contribution < -0.4 is 9.46 Å². The van der Waals surface area contributed by atoms with E-state index in [0.717, 1.165) is 16.7 Å². The maximum absolute atomic E-state index is 13.8. The van der Waals surface area contributed by atoms with Gasteiger partial charge in [0.1, 0.15) is 11.6 Å². The van der Waals surface area contributed by atoms with Gasteiger partial charge in [-0.3, -0.25) is 4.72 Å². The van der Waals surface area contributed by atoms with E-state index in [0.29, 0.717) is 28.3 Å². The molecule has 0 radical (unpaired) electrons. The molecular formula is C23H22FN3O5S2. The van der Waals surface area contributed by atoms with E-state index >= 15 is 0 Å². The van der Waals surface area contributed by atoms with Gasteiger partial charge in [0.15, 0.2) is 0 Å². The molecule has 178 valence electrons. The molecule has 1 N–H and O–H groups in total. The molecule has 4 rings (SSSR count). The highest BCUT2D eigenvalue weighted by Crippen LogP contribution is 2.38. The van der Waals surface area contributed by atoms with Gasteiger partial charge in [-0.2, -0.15) is 17.9 Å². The molecule has 34 heavy (non-hydrogen) atoms. The summed E-state index contributed by atoms with van der Waals surface area (Å²) < 4.78 is 72.2. The number of methoxy groups -OCH3 is 1. The Hall–Kier alpha value is -3.44. The lowest BCUT2D eigenvalue weighted by atomic mass is 9.99. The van der Waals surface area contributed by atoms with Crippen LogP contribution in [0.4, 0.5) is 10.1 Å². The van der Waals surface area contributed by atoms with Crippen molar-refractivity contribution < 1.29 is 26.0 Å². The van der Waals surface area contributed by atoms with Crippen molar-refractivity contribution in [2.24, 2.45) is 5.10 Å². The number of ether oxygens (including phenoxy) is 1. The van der Waals surface area contributed by atoms with Crippen molar-refractivity contribution in [2.45, 2.75) is 17.4 Å². The number of halogens is 1. The molecule has 0 spiro atoms. The van der Waals surface area contributed by atoms with Crippen LogP contribution in [0.2, 0.25) is 0 Å². The third-order valence-electron chi connectivity index (χ3n) is 5.23. The van der Waals surface area contributed by atoms with Gasteiger partial charge >= 0.3 is 0 Å². The average molecular weight is 504 g/mol. The van der Waals surface area contributed by atoms with Gasteiger partial charge in [-0.15, -0.1) is 0 Å². The maximum atomic E-state index is 13.8. The lowest BCUT2D eigenvalue weighted by Gasteiger charge is -2.23. The number of anilines is 1. The summed E-state index contributed by atoms with van der Waals surface area (Å²) in [5.41, 5.74) is 2.19. The van der Waals surface area contributed by atoms with Crippen molar-refractivity contribution in [1.29, 1.82) is 0 Å². The Morgan fingerprint density at radius 2 is 1.68 bits per heavy atom. The molecule has 1 aliphatic heterocycles. The Balaban J connectivity index is 1.74. The third-order valence-corrected chi connectivity index (χ3v) is 7.52. The van der Waals surface area contributed by atoms with Crippen molar-refractivity contribution in [3.05, 3.63) is 89.7 Å². The van der Waals surface area contributed by atoms with E-state index in [1.165, 1.54) is 25.3 Å². The van der Waals surface area contributed by atoms with Crippen LogP contribution >= 0.6 is 0 Å². The van der Waals surface area contributed by atoms with Crippen molar-refractivity contribution in [1.82, 2.24) is 4.41 Å². The number of nitrogens with one attached hydrogen (secondary N) is 1. The number of hydrogen-bond acceptors (Lipinski definition) is 6. The van der Waals surface area contributed by atoms with E-state index in [1.54, 1.807) is 48.5 Å². The van der Waals surface area contributed by atoms with Crippen molar-refractivity contribution >= 4 is 31.4 Å². The predicted octanol–water partition coefficient (Wildman–Crippen LogP) is 3.75. The van der Waals surface area contributed by atoms with Gasteiger partial charge in [-0.1, -0.05) is 30.3 Å². The molecule has 0 fully saturated rings. The van der Waals surface area contributed by atoms with Crippen LogP contribution in [0.15, 0.2) is 82.8 Å². The summed E-state index contributed by atoms with van der Waals surface area (Å²) in [5, 5.41) is 4.41. The van der Waals surface area contributed by atoms with E-state index in [9.17, 15) is 21.2 Å². The lowest BCUT2D eigenvalue weighted by Crippen LogP contribution is -2.27. The first-order valence-electron chi connectivity index (χ1n) is 10.2. The van der Waals surface area contributed by atoms with Crippen LogP contribution in [-0.4, -0.2) is 40.3 Å². The minimum atomic E-state index is -4.16. The van der Waals surface area contributed by atoms with Crippen molar-refractivity contribution in [2.75, 3.05) is 18.1 Å². The Labute approximate surface area is 197 Å². The Morgan fingerprint density at radius 1 is 1.00 bits per heavy atom. The summed E-state index contributed by atoms with van der Waals surface area (Å²) in [6.07, 6.45) is 1.32. The fourth-order valence-electron chi connectivity index (χ4n) is 3.64. The quantitative estimate of drug-likeness (QED) is 0.529. The molecule has 0 bridgehead atoms. The fourth-order valence-corrected chi connectivity index (χ4v) is 5.67. The molecule has 8 nitrogen and oxygen atoms in total. The van der Waals surface area contributed by atoms with Crippen LogP contribution in [-0.2, 0) is 20.0 Å². The topological polar surface area (TPSA) is 105 Å².